The lowest BCUT2D eigenvalue weighted by Gasteiger charge is -2.12. The summed E-state index contributed by atoms with van der Waals surface area (Å²) in [5, 5.41) is 5.91. The molecule has 0 unspecified atom stereocenters. The Bertz CT molecular complexity index is 691. The lowest BCUT2D eigenvalue weighted by molar-refractivity contribution is 0.0937. The van der Waals surface area contributed by atoms with Crippen molar-refractivity contribution in [1.29, 1.82) is 0 Å². The molecule has 0 aliphatic carbocycles. The number of hydrogen-bond acceptors (Lipinski definition) is 6. The van der Waals surface area contributed by atoms with E-state index in [-0.39, 0.29) is 5.91 Å². The number of nitrogens with zero attached hydrogens (tertiary/aromatic N) is 1. The number of hydrogen-bond donors (Lipinski definition) is 2. The second-order valence-corrected chi connectivity index (χ2v) is 4.87. The largest absolute Gasteiger partial charge is 0.497 e. The Morgan fingerprint density at radius 3 is 2.67 bits per heavy atom. The van der Waals surface area contributed by atoms with Crippen LogP contribution in [-0.4, -0.2) is 45.4 Å². The molecule has 0 bridgehead atoms. The third-order valence-electron chi connectivity index (χ3n) is 3.28. The summed E-state index contributed by atoms with van der Waals surface area (Å²) in [7, 11) is 4.76. The first kappa shape index (κ1) is 17.6. The van der Waals surface area contributed by atoms with E-state index in [2.05, 4.69) is 15.6 Å². The number of anilines is 2. The fraction of sp³-hybridized carbons (Fsp3) is 0.294. The van der Waals surface area contributed by atoms with Crippen molar-refractivity contribution in [2.45, 2.75) is 0 Å². The molecule has 1 aromatic heterocycles. The number of benzene rings is 1. The molecule has 1 amide bonds. The monoisotopic (exact) mass is 331 g/mol. The van der Waals surface area contributed by atoms with Crippen LogP contribution in [0, 0.1) is 0 Å². The zero-order valence-corrected chi connectivity index (χ0v) is 14.0. The van der Waals surface area contributed by atoms with Crippen molar-refractivity contribution < 1.29 is 19.0 Å². The van der Waals surface area contributed by atoms with Gasteiger partial charge >= 0.3 is 0 Å². The number of aromatic nitrogens is 1. The Balaban J connectivity index is 2.16. The van der Waals surface area contributed by atoms with Crippen molar-refractivity contribution >= 4 is 17.4 Å². The van der Waals surface area contributed by atoms with Gasteiger partial charge in [-0.15, -0.1) is 0 Å². The fourth-order valence-corrected chi connectivity index (χ4v) is 2.06. The molecule has 2 aromatic rings. The molecule has 2 rings (SSSR count). The molecule has 0 spiro atoms. The van der Waals surface area contributed by atoms with Gasteiger partial charge < -0.3 is 24.8 Å². The summed E-state index contributed by atoms with van der Waals surface area (Å²) in [6, 6.07) is 8.71. The molecule has 0 radical (unpaired) electrons. The van der Waals surface area contributed by atoms with Crippen LogP contribution < -0.4 is 20.1 Å². The van der Waals surface area contributed by atoms with Crippen molar-refractivity contribution in [1.82, 2.24) is 10.3 Å². The van der Waals surface area contributed by atoms with Crippen LogP contribution in [0.1, 0.15) is 10.4 Å². The summed E-state index contributed by atoms with van der Waals surface area (Å²) in [5.41, 5.74) is 1.20. The third-order valence-corrected chi connectivity index (χ3v) is 3.28. The normalized spacial score (nSPS) is 10.1. The molecular weight excluding hydrogens is 310 g/mol. The van der Waals surface area contributed by atoms with E-state index in [9.17, 15) is 4.79 Å². The predicted molar refractivity (Wildman–Crippen MR) is 91.3 cm³/mol. The van der Waals surface area contributed by atoms with E-state index in [1.807, 2.05) is 0 Å². The highest BCUT2D eigenvalue weighted by atomic mass is 16.5. The second-order valence-electron chi connectivity index (χ2n) is 4.87. The van der Waals surface area contributed by atoms with Gasteiger partial charge in [0.05, 0.1) is 26.5 Å². The number of carbonyl (C=O) groups is 1. The Morgan fingerprint density at radius 1 is 1.12 bits per heavy atom. The van der Waals surface area contributed by atoms with Crippen LogP contribution in [0.25, 0.3) is 0 Å². The smallest absolute Gasteiger partial charge is 0.251 e. The number of methoxy groups -OCH3 is 3. The highest BCUT2D eigenvalue weighted by molar-refractivity contribution is 5.94. The van der Waals surface area contributed by atoms with E-state index in [0.29, 0.717) is 41.7 Å². The number of rotatable bonds is 8. The second kappa shape index (κ2) is 8.73. The Morgan fingerprint density at radius 2 is 1.96 bits per heavy atom. The van der Waals surface area contributed by atoms with Gasteiger partial charge in [0.1, 0.15) is 17.3 Å². The minimum Gasteiger partial charge on any atom is -0.497 e. The SMILES string of the molecule is COCCNC(=O)c1ccnc(Nc2cc(OC)ccc2OC)c1. The maximum Gasteiger partial charge on any atom is 0.251 e. The van der Waals surface area contributed by atoms with Crippen LogP contribution in [0.4, 0.5) is 11.5 Å². The van der Waals surface area contributed by atoms with E-state index in [1.54, 1.807) is 57.9 Å². The topological polar surface area (TPSA) is 81.7 Å². The van der Waals surface area contributed by atoms with E-state index in [1.165, 1.54) is 0 Å². The van der Waals surface area contributed by atoms with E-state index in [4.69, 9.17) is 14.2 Å². The number of nitrogens with one attached hydrogen (secondary N) is 2. The van der Waals surface area contributed by atoms with Gasteiger partial charge in [-0.2, -0.15) is 0 Å². The average molecular weight is 331 g/mol. The molecule has 0 fully saturated rings. The third kappa shape index (κ3) is 4.60. The lowest BCUT2D eigenvalue weighted by Crippen LogP contribution is -2.27. The molecule has 0 aliphatic rings. The van der Waals surface area contributed by atoms with Gasteiger partial charge in [-0.25, -0.2) is 4.98 Å². The summed E-state index contributed by atoms with van der Waals surface area (Å²) >= 11 is 0. The van der Waals surface area contributed by atoms with Gasteiger partial charge in [0, 0.05) is 31.5 Å². The van der Waals surface area contributed by atoms with E-state index < -0.39 is 0 Å². The lowest BCUT2D eigenvalue weighted by atomic mass is 10.2. The molecule has 0 saturated carbocycles. The van der Waals surface area contributed by atoms with Gasteiger partial charge in [0.25, 0.3) is 5.91 Å². The van der Waals surface area contributed by atoms with Gasteiger partial charge in [-0.1, -0.05) is 0 Å². The fourth-order valence-electron chi connectivity index (χ4n) is 2.06. The van der Waals surface area contributed by atoms with Crippen LogP contribution in [0.2, 0.25) is 0 Å². The van der Waals surface area contributed by atoms with Gasteiger partial charge in [-0.05, 0) is 24.3 Å². The molecule has 1 heterocycles. The van der Waals surface area contributed by atoms with Gasteiger partial charge in [-0.3, -0.25) is 4.79 Å². The van der Waals surface area contributed by atoms with Crippen molar-refractivity contribution in [3.05, 3.63) is 42.1 Å². The average Bonchev–Trinajstić information content (AvgIpc) is 2.62. The van der Waals surface area contributed by atoms with E-state index in [0.717, 1.165) is 0 Å². The molecule has 24 heavy (non-hydrogen) atoms. The van der Waals surface area contributed by atoms with Gasteiger partial charge in [0.15, 0.2) is 0 Å². The maximum absolute atomic E-state index is 12.1. The van der Waals surface area contributed by atoms with Gasteiger partial charge in [0.2, 0.25) is 0 Å². The van der Waals surface area contributed by atoms with E-state index >= 15 is 0 Å². The quantitative estimate of drug-likeness (QED) is 0.722. The highest BCUT2D eigenvalue weighted by Gasteiger charge is 2.09. The first-order valence-corrected chi connectivity index (χ1v) is 7.40. The number of ether oxygens (including phenoxy) is 3. The molecule has 7 heteroatoms. The molecule has 0 atom stereocenters. The Hall–Kier alpha value is -2.80. The molecule has 0 saturated heterocycles. The number of carbonyl (C=O) groups excluding carboxylic acids is 1. The number of amides is 1. The summed E-state index contributed by atoms with van der Waals surface area (Å²) in [5.74, 6) is 1.68. The zero-order valence-electron chi connectivity index (χ0n) is 14.0. The first-order valence-electron chi connectivity index (χ1n) is 7.40. The van der Waals surface area contributed by atoms with Crippen LogP contribution >= 0.6 is 0 Å². The van der Waals surface area contributed by atoms with Crippen molar-refractivity contribution in [3.8, 4) is 11.5 Å². The van der Waals surface area contributed by atoms with Crippen molar-refractivity contribution in [2.75, 3.05) is 39.8 Å². The Labute approximate surface area is 140 Å². The van der Waals surface area contributed by atoms with Crippen LogP contribution in [0.3, 0.4) is 0 Å². The molecule has 2 N–H and O–H groups in total. The van der Waals surface area contributed by atoms with Crippen molar-refractivity contribution in [2.24, 2.45) is 0 Å². The zero-order chi connectivity index (χ0) is 17.4. The molecule has 1 aromatic carbocycles. The standard InChI is InChI=1S/C17H21N3O4/c1-22-9-8-19-17(21)12-6-7-18-16(10-12)20-14-11-13(23-2)4-5-15(14)24-3/h4-7,10-11H,8-9H2,1-3H3,(H,18,20)(H,19,21). The molecular formula is C17H21N3O4. The molecule has 0 aliphatic heterocycles. The minimum absolute atomic E-state index is 0.185. The van der Waals surface area contributed by atoms with Crippen molar-refractivity contribution in [3.63, 3.8) is 0 Å². The summed E-state index contributed by atoms with van der Waals surface area (Å²) in [4.78, 5) is 16.3. The number of pyridine rings is 1. The van der Waals surface area contributed by atoms with Crippen LogP contribution in [-0.2, 0) is 4.74 Å². The first-order chi connectivity index (χ1) is 11.7. The highest BCUT2D eigenvalue weighted by Crippen LogP contribution is 2.31. The summed E-state index contributed by atoms with van der Waals surface area (Å²) in [6.07, 6.45) is 1.57. The van der Waals surface area contributed by atoms with Crippen LogP contribution in [0.5, 0.6) is 11.5 Å². The predicted octanol–water partition coefficient (Wildman–Crippen LogP) is 2.22. The molecule has 128 valence electrons. The molecule has 7 nitrogen and oxygen atoms in total. The minimum atomic E-state index is -0.185. The summed E-state index contributed by atoms with van der Waals surface area (Å²) in [6.45, 7) is 0.910. The van der Waals surface area contributed by atoms with Crippen LogP contribution in [0.15, 0.2) is 36.5 Å². The maximum atomic E-state index is 12.1. The summed E-state index contributed by atoms with van der Waals surface area (Å²) < 4.78 is 15.5. The Kier molecular flexibility index (Phi) is 6.39.